The van der Waals surface area contributed by atoms with Crippen LogP contribution in [0.25, 0.3) is 10.8 Å². The first-order valence-corrected chi connectivity index (χ1v) is 11.2. The Morgan fingerprint density at radius 3 is 2.39 bits per heavy atom. The third-order valence-corrected chi connectivity index (χ3v) is 6.13. The minimum absolute atomic E-state index is 0.0191. The fourth-order valence-electron chi connectivity index (χ4n) is 4.38. The van der Waals surface area contributed by atoms with Crippen molar-refractivity contribution in [1.29, 1.82) is 0 Å². The first-order valence-electron chi connectivity index (χ1n) is 11.2. The van der Waals surface area contributed by atoms with Gasteiger partial charge in [0.15, 0.2) is 0 Å². The number of nitrogens with one attached hydrogen (secondary N) is 1. The Balaban J connectivity index is 1.55. The van der Waals surface area contributed by atoms with E-state index in [0.29, 0.717) is 18.5 Å². The van der Waals surface area contributed by atoms with Gasteiger partial charge in [-0.05, 0) is 44.0 Å². The summed E-state index contributed by atoms with van der Waals surface area (Å²) in [5.41, 5.74) is 1.67. The van der Waals surface area contributed by atoms with Gasteiger partial charge in [0.05, 0.1) is 30.1 Å². The molecule has 1 aromatic heterocycles. The van der Waals surface area contributed by atoms with E-state index in [1.165, 1.54) is 12.8 Å². The van der Waals surface area contributed by atoms with Crippen LogP contribution in [0.3, 0.4) is 0 Å². The minimum Gasteiger partial charge on any atom is -0.350 e. The van der Waals surface area contributed by atoms with Gasteiger partial charge in [0.1, 0.15) is 0 Å². The van der Waals surface area contributed by atoms with Crippen LogP contribution >= 0.6 is 0 Å². The summed E-state index contributed by atoms with van der Waals surface area (Å²) in [6.07, 6.45) is 3.16. The van der Waals surface area contributed by atoms with Gasteiger partial charge in [0.25, 0.3) is 5.56 Å². The first-order chi connectivity index (χ1) is 15.2. The van der Waals surface area contributed by atoms with E-state index in [9.17, 15) is 9.59 Å². The van der Waals surface area contributed by atoms with Crippen molar-refractivity contribution in [3.05, 3.63) is 76.2 Å². The molecular weight excluding hydrogens is 388 g/mol. The van der Waals surface area contributed by atoms with Gasteiger partial charge in [0, 0.05) is 11.9 Å². The maximum absolute atomic E-state index is 13.0. The van der Waals surface area contributed by atoms with Gasteiger partial charge in [-0.1, -0.05) is 55.5 Å². The van der Waals surface area contributed by atoms with Gasteiger partial charge in [-0.3, -0.25) is 9.59 Å². The van der Waals surface area contributed by atoms with Gasteiger partial charge < -0.3 is 10.2 Å². The molecule has 2 aromatic carbocycles. The summed E-state index contributed by atoms with van der Waals surface area (Å²) in [7, 11) is 0. The number of carbonyl (C=O) groups is 1. The second-order valence-electron chi connectivity index (χ2n) is 8.16. The highest BCUT2D eigenvalue weighted by Crippen LogP contribution is 2.20. The van der Waals surface area contributed by atoms with E-state index in [2.05, 4.69) is 15.3 Å². The van der Waals surface area contributed by atoms with Crippen molar-refractivity contribution in [2.24, 2.45) is 0 Å². The first kappa shape index (κ1) is 21.2. The summed E-state index contributed by atoms with van der Waals surface area (Å²) in [5.74, 6) is -0.220. The second-order valence-corrected chi connectivity index (χ2v) is 8.16. The number of hydrogen-bond acceptors (Lipinski definition) is 4. The van der Waals surface area contributed by atoms with E-state index < -0.39 is 0 Å². The molecule has 1 aliphatic rings. The van der Waals surface area contributed by atoms with Crippen LogP contribution in [0.15, 0.2) is 59.4 Å². The van der Waals surface area contributed by atoms with Gasteiger partial charge in [-0.25, -0.2) is 4.68 Å². The summed E-state index contributed by atoms with van der Waals surface area (Å²) in [5, 5.41) is 9.17. The molecule has 6 heteroatoms. The van der Waals surface area contributed by atoms with Gasteiger partial charge >= 0.3 is 0 Å². The Hall–Kier alpha value is -2.99. The van der Waals surface area contributed by atoms with E-state index in [4.69, 9.17) is 0 Å². The predicted molar refractivity (Wildman–Crippen MR) is 123 cm³/mol. The zero-order valence-electron chi connectivity index (χ0n) is 18.1. The van der Waals surface area contributed by atoms with Crippen molar-refractivity contribution < 1.29 is 4.79 Å². The average molecular weight is 419 g/mol. The fourth-order valence-corrected chi connectivity index (χ4v) is 4.38. The van der Waals surface area contributed by atoms with Crippen LogP contribution in [0.4, 0.5) is 0 Å². The van der Waals surface area contributed by atoms with Crippen LogP contribution < -0.4 is 10.9 Å². The molecule has 3 aromatic rings. The molecule has 0 spiro atoms. The number of rotatable bonds is 8. The second kappa shape index (κ2) is 9.88. The SMILES string of the molecule is CCC(C(=O)NCc1nn(CCN2CCCC2)c(=O)c2ccccc12)c1ccccc1. The normalized spacial score (nSPS) is 15.3. The van der Waals surface area contributed by atoms with Crippen molar-refractivity contribution in [2.75, 3.05) is 19.6 Å². The Morgan fingerprint density at radius 1 is 1.00 bits per heavy atom. The molecule has 1 amide bonds. The van der Waals surface area contributed by atoms with Gasteiger partial charge in [0.2, 0.25) is 5.91 Å². The highest BCUT2D eigenvalue weighted by atomic mass is 16.2. The standard InChI is InChI=1S/C25H30N4O2/c1-2-20(19-10-4-3-5-11-19)24(30)26-18-23-21-12-6-7-13-22(21)25(31)29(27-23)17-16-28-14-8-9-15-28/h3-7,10-13,20H,2,8-9,14-18H2,1H3,(H,26,30). The quantitative estimate of drug-likeness (QED) is 0.610. The number of aromatic nitrogens is 2. The Kier molecular flexibility index (Phi) is 6.77. The summed E-state index contributed by atoms with van der Waals surface area (Å²) in [6, 6.07) is 17.4. The lowest BCUT2D eigenvalue weighted by Crippen LogP contribution is -2.33. The minimum atomic E-state index is -0.200. The maximum atomic E-state index is 13.0. The van der Waals surface area contributed by atoms with Crippen LogP contribution in [0.1, 0.15) is 43.4 Å². The van der Waals surface area contributed by atoms with E-state index in [-0.39, 0.29) is 17.4 Å². The molecule has 0 bridgehead atoms. The number of likely N-dealkylation sites (tertiary alicyclic amines) is 1. The molecule has 0 radical (unpaired) electrons. The number of fused-ring (bicyclic) bond motifs is 1. The number of carbonyl (C=O) groups excluding carboxylic acids is 1. The predicted octanol–water partition coefficient (Wildman–Crippen LogP) is 3.30. The molecule has 31 heavy (non-hydrogen) atoms. The van der Waals surface area contributed by atoms with Crippen molar-refractivity contribution in [2.45, 2.75) is 45.2 Å². The van der Waals surface area contributed by atoms with Crippen molar-refractivity contribution in [3.8, 4) is 0 Å². The molecule has 1 unspecified atom stereocenters. The van der Waals surface area contributed by atoms with E-state index >= 15 is 0 Å². The summed E-state index contributed by atoms with van der Waals surface area (Å²) in [6.45, 7) is 5.87. The molecule has 1 N–H and O–H groups in total. The summed E-state index contributed by atoms with van der Waals surface area (Å²) < 4.78 is 1.57. The molecule has 0 saturated carbocycles. The molecule has 1 aliphatic heterocycles. The van der Waals surface area contributed by atoms with Crippen molar-refractivity contribution in [3.63, 3.8) is 0 Å². The zero-order valence-corrected chi connectivity index (χ0v) is 18.1. The van der Waals surface area contributed by atoms with Crippen LogP contribution in [0.2, 0.25) is 0 Å². The zero-order chi connectivity index (χ0) is 21.6. The van der Waals surface area contributed by atoms with E-state index in [1.807, 2.05) is 61.5 Å². The third-order valence-electron chi connectivity index (χ3n) is 6.13. The molecule has 1 saturated heterocycles. The van der Waals surface area contributed by atoms with Crippen LogP contribution in [-0.2, 0) is 17.9 Å². The smallest absolute Gasteiger partial charge is 0.274 e. The Labute approximate surface area is 182 Å². The summed E-state index contributed by atoms with van der Waals surface area (Å²) >= 11 is 0. The largest absolute Gasteiger partial charge is 0.350 e. The average Bonchev–Trinajstić information content (AvgIpc) is 3.33. The van der Waals surface area contributed by atoms with Gasteiger partial charge in [-0.15, -0.1) is 0 Å². The van der Waals surface area contributed by atoms with Gasteiger partial charge in [-0.2, -0.15) is 5.10 Å². The topological polar surface area (TPSA) is 67.2 Å². The Bertz CT molecular complexity index is 1090. The lowest BCUT2D eigenvalue weighted by molar-refractivity contribution is -0.122. The molecule has 1 atom stereocenters. The molecular formula is C25H30N4O2. The van der Waals surface area contributed by atoms with E-state index in [1.54, 1.807) is 4.68 Å². The van der Waals surface area contributed by atoms with Crippen LogP contribution in [0.5, 0.6) is 0 Å². The molecule has 1 fully saturated rings. The number of nitrogens with zero attached hydrogens (tertiary/aromatic N) is 3. The fraction of sp³-hybridized carbons (Fsp3) is 0.400. The third kappa shape index (κ3) is 4.85. The van der Waals surface area contributed by atoms with Crippen molar-refractivity contribution in [1.82, 2.24) is 20.0 Å². The maximum Gasteiger partial charge on any atom is 0.274 e. The molecule has 4 rings (SSSR count). The van der Waals surface area contributed by atoms with Crippen molar-refractivity contribution >= 4 is 16.7 Å². The van der Waals surface area contributed by atoms with Crippen LogP contribution in [0, 0.1) is 0 Å². The summed E-state index contributed by atoms with van der Waals surface area (Å²) in [4.78, 5) is 28.3. The van der Waals surface area contributed by atoms with E-state index in [0.717, 1.165) is 42.7 Å². The number of benzene rings is 2. The molecule has 162 valence electrons. The molecule has 6 nitrogen and oxygen atoms in total. The molecule has 2 heterocycles. The Morgan fingerprint density at radius 2 is 1.68 bits per heavy atom. The lowest BCUT2D eigenvalue weighted by Gasteiger charge is -2.18. The monoisotopic (exact) mass is 418 g/mol. The lowest BCUT2D eigenvalue weighted by atomic mass is 9.95. The number of hydrogen-bond donors (Lipinski definition) is 1. The van der Waals surface area contributed by atoms with Crippen LogP contribution in [-0.4, -0.2) is 40.2 Å². The number of amides is 1. The molecule has 0 aliphatic carbocycles. The highest BCUT2D eigenvalue weighted by Gasteiger charge is 2.19. The highest BCUT2D eigenvalue weighted by molar-refractivity contribution is 5.86.